The van der Waals surface area contributed by atoms with Gasteiger partial charge in [0.1, 0.15) is 11.4 Å². The Balaban J connectivity index is 1.72. The Bertz CT molecular complexity index is 804. The second-order valence-electron chi connectivity index (χ2n) is 8.23. The number of piperidine rings is 1. The predicted octanol–water partition coefficient (Wildman–Crippen LogP) is 2.01. The van der Waals surface area contributed by atoms with Crippen molar-refractivity contribution >= 4 is 11.4 Å². The molecule has 25 heavy (non-hydrogen) atoms. The van der Waals surface area contributed by atoms with E-state index in [0.717, 1.165) is 18.5 Å². The molecule has 0 atom stereocenters. The van der Waals surface area contributed by atoms with Gasteiger partial charge in [0.15, 0.2) is 0 Å². The van der Waals surface area contributed by atoms with E-state index >= 15 is 0 Å². The largest absolute Gasteiger partial charge is 0.377 e. The van der Waals surface area contributed by atoms with Crippen LogP contribution in [-0.4, -0.2) is 22.1 Å². The van der Waals surface area contributed by atoms with Crippen molar-refractivity contribution < 1.29 is 0 Å². The normalized spacial score (nSPS) is 19.7. The number of hydrogen-bond donors (Lipinski definition) is 3. The fraction of sp³-hybridized carbons (Fsp3) is 0.526. The third-order valence-electron chi connectivity index (χ3n) is 4.62. The first kappa shape index (κ1) is 17.6. The third-order valence-corrected chi connectivity index (χ3v) is 4.62. The van der Waals surface area contributed by atoms with Crippen molar-refractivity contribution in [2.24, 2.45) is 0 Å². The zero-order valence-electron chi connectivity index (χ0n) is 15.3. The van der Waals surface area contributed by atoms with Gasteiger partial charge < -0.3 is 16.0 Å². The molecule has 134 valence electrons. The summed E-state index contributed by atoms with van der Waals surface area (Å²) in [6.07, 6.45) is 3.47. The second-order valence-corrected chi connectivity index (χ2v) is 8.23. The highest BCUT2D eigenvalue weighted by Crippen LogP contribution is 2.31. The maximum atomic E-state index is 12.0. The van der Waals surface area contributed by atoms with Gasteiger partial charge in [0.05, 0.1) is 12.2 Å². The average Bonchev–Trinajstić information content (AvgIpc) is 2.51. The maximum absolute atomic E-state index is 12.0. The number of pyridine rings is 1. The van der Waals surface area contributed by atoms with Gasteiger partial charge in [-0.2, -0.15) is 0 Å². The molecule has 0 spiro atoms. The molecule has 2 heterocycles. The van der Waals surface area contributed by atoms with Gasteiger partial charge in [0, 0.05) is 23.3 Å². The molecule has 2 aromatic rings. The summed E-state index contributed by atoms with van der Waals surface area (Å²) < 4.78 is 0. The molecule has 3 N–H and O–H groups in total. The molecule has 1 aliphatic heterocycles. The molecular formula is C19H26N4O2. The van der Waals surface area contributed by atoms with E-state index in [1.807, 2.05) is 18.2 Å². The summed E-state index contributed by atoms with van der Waals surface area (Å²) in [5.41, 5.74) is 0.676. The lowest BCUT2D eigenvalue weighted by Crippen LogP contribution is -2.60. The van der Waals surface area contributed by atoms with E-state index in [-0.39, 0.29) is 17.1 Å². The SMILES string of the molecule is CC1(C)CC(Nc2c(NCc3ccccn3)c(=O)c2=O)CC(C)(C)N1. The summed E-state index contributed by atoms with van der Waals surface area (Å²) in [6, 6.07) is 5.76. The molecule has 1 aromatic heterocycles. The summed E-state index contributed by atoms with van der Waals surface area (Å²) >= 11 is 0. The number of rotatable bonds is 5. The van der Waals surface area contributed by atoms with Gasteiger partial charge in [-0.15, -0.1) is 0 Å². The van der Waals surface area contributed by atoms with Crippen LogP contribution in [0.25, 0.3) is 0 Å². The van der Waals surface area contributed by atoms with E-state index in [4.69, 9.17) is 0 Å². The minimum absolute atomic E-state index is 0.0294. The van der Waals surface area contributed by atoms with Crippen molar-refractivity contribution in [2.75, 3.05) is 10.6 Å². The van der Waals surface area contributed by atoms with Crippen LogP contribution in [0.2, 0.25) is 0 Å². The summed E-state index contributed by atoms with van der Waals surface area (Å²) in [4.78, 5) is 28.2. The van der Waals surface area contributed by atoms with Crippen LogP contribution >= 0.6 is 0 Å². The van der Waals surface area contributed by atoms with Crippen molar-refractivity contribution in [3.05, 3.63) is 50.5 Å². The van der Waals surface area contributed by atoms with E-state index < -0.39 is 10.9 Å². The molecule has 0 unspecified atom stereocenters. The van der Waals surface area contributed by atoms with Crippen LogP contribution in [0.4, 0.5) is 11.4 Å². The van der Waals surface area contributed by atoms with Crippen molar-refractivity contribution in [3.63, 3.8) is 0 Å². The van der Waals surface area contributed by atoms with Crippen LogP contribution < -0.4 is 26.8 Å². The van der Waals surface area contributed by atoms with Gasteiger partial charge in [-0.25, -0.2) is 0 Å². The number of aromatic nitrogens is 1. The number of hydrogen-bond acceptors (Lipinski definition) is 6. The Morgan fingerprint density at radius 3 is 2.32 bits per heavy atom. The van der Waals surface area contributed by atoms with Crippen LogP contribution in [0, 0.1) is 0 Å². The number of nitrogens with zero attached hydrogens (tertiary/aromatic N) is 1. The highest BCUT2D eigenvalue weighted by Gasteiger charge is 2.38. The highest BCUT2D eigenvalue weighted by atomic mass is 16.2. The first-order valence-corrected chi connectivity index (χ1v) is 8.70. The monoisotopic (exact) mass is 342 g/mol. The topological polar surface area (TPSA) is 83.1 Å². The average molecular weight is 342 g/mol. The Hall–Kier alpha value is -2.21. The molecule has 1 fully saturated rings. The summed E-state index contributed by atoms with van der Waals surface area (Å²) in [5, 5.41) is 10.0. The van der Waals surface area contributed by atoms with Gasteiger partial charge in [-0.1, -0.05) is 6.07 Å². The van der Waals surface area contributed by atoms with Gasteiger partial charge in [-0.3, -0.25) is 14.6 Å². The first-order chi connectivity index (χ1) is 11.7. The Morgan fingerprint density at radius 1 is 1.08 bits per heavy atom. The lowest BCUT2D eigenvalue weighted by atomic mass is 9.79. The van der Waals surface area contributed by atoms with Crippen molar-refractivity contribution in [2.45, 2.75) is 64.2 Å². The Labute approximate surface area is 147 Å². The fourth-order valence-electron chi connectivity index (χ4n) is 4.01. The van der Waals surface area contributed by atoms with Gasteiger partial charge in [0.25, 0.3) is 10.9 Å². The molecule has 6 heteroatoms. The van der Waals surface area contributed by atoms with E-state index in [1.54, 1.807) is 6.20 Å². The smallest absolute Gasteiger partial charge is 0.253 e. The third kappa shape index (κ3) is 3.90. The lowest BCUT2D eigenvalue weighted by Gasteiger charge is -2.47. The molecule has 1 aromatic carbocycles. The van der Waals surface area contributed by atoms with Crippen LogP contribution in [0.1, 0.15) is 46.2 Å². The van der Waals surface area contributed by atoms with Crippen LogP contribution in [0.5, 0.6) is 0 Å². The number of nitrogens with one attached hydrogen (secondary N) is 3. The quantitative estimate of drug-likeness (QED) is 0.721. The van der Waals surface area contributed by atoms with Crippen molar-refractivity contribution in [1.82, 2.24) is 10.3 Å². The van der Waals surface area contributed by atoms with Crippen molar-refractivity contribution in [3.8, 4) is 0 Å². The zero-order chi connectivity index (χ0) is 18.2. The molecular weight excluding hydrogens is 316 g/mol. The minimum Gasteiger partial charge on any atom is -0.377 e. The van der Waals surface area contributed by atoms with Gasteiger partial charge in [-0.05, 0) is 52.7 Å². The summed E-state index contributed by atoms with van der Waals surface area (Å²) in [5.74, 6) is 0. The van der Waals surface area contributed by atoms with Crippen LogP contribution in [0.15, 0.2) is 34.0 Å². The maximum Gasteiger partial charge on any atom is 0.253 e. The highest BCUT2D eigenvalue weighted by molar-refractivity contribution is 5.74. The zero-order valence-corrected chi connectivity index (χ0v) is 15.3. The van der Waals surface area contributed by atoms with E-state index in [0.29, 0.717) is 17.9 Å². The summed E-state index contributed by atoms with van der Waals surface area (Å²) in [7, 11) is 0. The Morgan fingerprint density at radius 2 is 1.72 bits per heavy atom. The van der Waals surface area contributed by atoms with Gasteiger partial charge in [0.2, 0.25) is 0 Å². The standard InChI is InChI=1S/C19H26N4O2/c1-18(2)9-13(10-19(3,4)23-18)22-15-14(16(24)17(15)25)21-11-12-7-5-6-8-20-12/h5-8,13,21-23H,9-11H2,1-4H3. The molecule has 0 amide bonds. The predicted molar refractivity (Wildman–Crippen MR) is 101 cm³/mol. The molecule has 1 saturated heterocycles. The number of anilines is 2. The fourth-order valence-corrected chi connectivity index (χ4v) is 4.01. The van der Waals surface area contributed by atoms with Crippen molar-refractivity contribution in [1.29, 1.82) is 0 Å². The molecule has 3 rings (SSSR count). The molecule has 0 radical (unpaired) electrons. The minimum atomic E-state index is -0.453. The summed E-state index contributed by atoms with van der Waals surface area (Å²) in [6.45, 7) is 9.05. The van der Waals surface area contributed by atoms with E-state index in [2.05, 4.69) is 48.6 Å². The molecule has 0 saturated carbocycles. The molecule has 1 aliphatic rings. The van der Waals surface area contributed by atoms with E-state index in [1.165, 1.54) is 0 Å². The first-order valence-electron chi connectivity index (χ1n) is 8.70. The van der Waals surface area contributed by atoms with E-state index in [9.17, 15) is 9.59 Å². The second kappa shape index (κ2) is 6.26. The van der Waals surface area contributed by atoms with Gasteiger partial charge >= 0.3 is 0 Å². The van der Waals surface area contributed by atoms with Crippen LogP contribution in [0.3, 0.4) is 0 Å². The molecule has 0 aliphatic carbocycles. The molecule has 0 bridgehead atoms. The Kier molecular flexibility index (Phi) is 4.41. The van der Waals surface area contributed by atoms with Crippen LogP contribution in [-0.2, 0) is 6.54 Å². The molecule has 6 nitrogen and oxygen atoms in total. The lowest BCUT2D eigenvalue weighted by molar-refractivity contribution is 0.170.